The maximum Gasteiger partial charge on any atom is 0.477 e. The van der Waals surface area contributed by atoms with E-state index in [9.17, 15) is 38.5 Å². The normalized spacial score (nSPS) is 25.2. The number of aliphatic hydroxyl groups is 7. The number of aliphatic hydroxyl groups excluding tert-OH is 7. The van der Waals surface area contributed by atoms with Gasteiger partial charge in [0.2, 0.25) is 5.57 Å². The fourth-order valence-corrected chi connectivity index (χ4v) is 5.59. The van der Waals surface area contributed by atoms with Gasteiger partial charge in [-0.15, -0.1) is 0 Å². The molecule has 234 valence electrons. The van der Waals surface area contributed by atoms with Gasteiger partial charge in [0.25, 0.3) is 5.52 Å². The maximum absolute atomic E-state index is 11.3. The van der Waals surface area contributed by atoms with Crippen LogP contribution >= 0.6 is 23.0 Å². The molecule has 14 N–H and O–H groups in total. The first-order chi connectivity index (χ1) is 18.7. The number of hydrogen-bond acceptors (Lipinski definition) is 17. The second kappa shape index (κ2) is 13.2. The summed E-state index contributed by atoms with van der Waals surface area (Å²) < 4.78 is 42.5. The SMILES string of the molecule is Nc1nc(P(=O)(O)O)nc2c1ncn2[C@@H]1O[C@H](CO)[C@@H](O)[C@H]1O.O=C([C@H](O)[C@H](O)[C@H](O)CO)P(=O)(O)OP(=O)(O)O. The quantitative estimate of drug-likeness (QED) is 0.106. The number of aromatic nitrogens is 4. The Balaban J connectivity index is 0.000000298. The lowest BCUT2D eigenvalue weighted by molar-refractivity contribution is -0.133. The minimum absolute atomic E-state index is 0.0555. The summed E-state index contributed by atoms with van der Waals surface area (Å²) in [5.74, 6) is -0.251. The van der Waals surface area contributed by atoms with E-state index >= 15 is 0 Å². The van der Waals surface area contributed by atoms with Crippen LogP contribution in [0.2, 0.25) is 0 Å². The largest absolute Gasteiger partial charge is 0.477 e. The molecular formula is C15H26N5O18P3. The summed E-state index contributed by atoms with van der Waals surface area (Å²) in [6, 6.07) is 0. The summed E-state index contributed by atoms with van der Waals surface area (Å²) in [6.07, 6.45) is -10.8. The van der Waals surface area contributed by atoms with Crippen LogP contribution in [-0.4, -0.2) is 135 Å². The number of nitrogens with zero attached hydrogens (tertiary/aromatic N) is 4. The summed E-state index contributed by atoms with van der Waals surface area (Å²) in [5.41, 5.74) is 2.67. The van der Waals surface area contributed by atoms with E-state index in [0.717, 1.165) is 4.57 Å². The number of hydrogen-bond donors (Lipinski definition) is 13. The molecular weight excluding hydrogens is 631 g/mol. The third-order valence-electron chi connectivity index (χ3n) is 5.14. The molecule has 1 aliphatic rings. The lowest BCUT2D eigenvalue weighted by Gasteiger charge is -2.21. The van der Waals surface area contributed by atoms with Gasteiger partial charge in [-0.05, 0) is 0 Å². The van der Waals surface area contributed by atoms with Crippen LogP contribution < -0.4 is 11.3 Å². The Morgan fingerprint density at radius 3 is 2.10 bits per heavy atom. The molecule has 8 atom stereocenters. The molecule has 2 aromatic rings. The van der Waals surface area contributed by atoms with E-state index < -0.39 is 90.2 Å². The first kappa shape index (κ1) is 35.3. The second-order valence-electron chi connectivity index (χ2n) is 8.12. The van der Waals surface area contributed by atoms with Crippen LogP contribution in [0.1, 0.15) is 6.23 Å². The lowest BCUT2D eigenvalue weighted by atomic mass is 10.1. The smallest absolute Gasteiger partial charge is 0.394 e. The molecule has 0 aliphatic carbocycles. The predicted octanol–water partition coefficient (Wildman–Crippen LogP) is -6.29. The fourth-order valence-electron chi connectivity index (χ4n) is 3.17. The predicted molar refractivity (Wildman–Crippen MR) is 127 cm³/mol. The molecule has 0 saturated carbocycles. The number of fused-ring (bicyclic) bond motifs is 1. The summed E-state index contributed by atoms with van der Waals surface area (Å²) in [6.45, 7) is -1.59. The van der Waals surface area contributed by atoms with Gasteiger partial charge in [0.15, 0.2) is 23.8 Å². The molecule has 1 aliphatic heterocycles. The van der Waals surface area contributed by atoms with Crippen LogP contribution in [0.15, 0.2) is 6.33 Å². The fraction of sp³-hybridized carbons (Fsp3) is 0.600. The zero-order valence-electron chi connectivity index (χ0n) is 20.1. The van der Waals surface area contributed by atoms with E-state index in [1.54, 1.807) is 0 Å². The number of nitrogens with two attached hydrogens (primary N) is 1. The molecule has 3 rings (SSSR count). The Hall–Kier alpha value is -1.85. The Morgan fingerprint density at radius 1 is 1.05 bits per heavy atom. The topological polar surface area (TPSA) is 399 Å². The van der Waals surface area contributed by atoms with Crippen molar-refractivity contribution in [1.82, 2.24) is 19.5 Å². The van der Waals surface area contributed by atoms with Crippen molar-refractivity contribution in [3.63, 3.8) is 0 Å². The molecule has 2 aromatic heterocycles. The molecule has 0 radical (unpaired) electrons. The van der Waals surface area contributed by atoms with Gasteiger partial charge in [0, 0.05) is 0 Å². The number of carbonyl (C=O) groups is 1. The third-order valence-corrected chi connectivity index (χ3v) is 8.42. The summed E-state index contributed by atoms with van der Waals surface area (Å²) in [5, 5.41) is 64.3. The van der Waals surface area contributed by atoms with E-state index in [2.05, 4.69) is 19.3 Å². The molecule has 23 nitrogen and oxygen atoms in total. The van der Waals surface area contributed by atoms with Crippen LogP contribution in [0.25, 0.3) is 11.2 Å². The average molecular weight is 657 g/mol. The molecule has 0 amide bonds. The van der Waals surface area contributed by atoms with Crippen molar-refractivity contribution in [3.8, 4) is 0 Å². The van der Waals surface area contributed by atoms with Crippen LogP contribution in [-0.2, 0) is 27.5 Å². The van der Waals surface area contributed by atoms with Crippen LogP contribution in [0.5, 0.6) is 0 Å². The van der Waals surface area contributed by atoms with Gasteiger partial charge >= 0.3 is 23.0 Å². The third kappa shape index (κ3) is 8.38. The second-order valence-corrected chi connectivity index (χ2v) is 12.7. The number of nitrogen functional groups attached to an aromatic ring is 1. The Bertz CT molecular complexity index is 1380. The number of anilines is 1. The monoisotopic (exact) mass is 657 g/mol. The number of ether oxygens (including phenoxy) is 1. The van der Waals surface area contributed by atoms with E-state index in [4.69, 9.17) is 50.7 Å². The number of rotatable bonds is 10. The van der Waals surface area contributed by atoms with E-state index in [-0.39, 0.29) is 17.0 Å². The molecule has 0 bridgehead atoms. The van der Waals surface area contributed by atoms with Crippen molar-refractivity contribution in [1.29, 1.82) is 0 Å². The highest BCUT2D eigenvalue weighted by atomic mass is 31.3. The molecule has 26 heteroatoms. The Labute approximate surface area is 227 Å². The lowest BCUT2D eigenvalue weighted by Crippen LogP contribution is -2.43. The van der Waals surface area contributed by atoms with Crippen LogP contribution in [0, 0.1) is 0 Å². The van der Waals surface area contributed by atoms with Crippen LogP contribution in [0.4, 0.5) is 5.82 Å². The van der Waals surface area contributed by atoms with Gasteiger partial charge in [-0.2, -0.15) is 0 Å². The molecule has 3 heterocycles. The number of carbonyl (C=O) groups excluding carboxylic acids is 1. The van der Waals surface area contributed by atoms with Crippen molar-refractivity contribution < 1.29 is 87.7 Å². The summed E-state index contributed by atoms with van der Waals surface area (Å²) in [4.78, 5) is 66.0. The van der Waals surface area contributed by atoms with E-state index in [1.807, 2.05) is 0 Å². The highest BCUT2D eigenvalue weighted by Crippen LogP contribution is 2.58. The summed E-state index contributed by atoms with van der Waals surface area (Å²) in [7, 11) is -15.8. The molecule has 1 saturated heterocycles. The number of imidazole rings is 1. The minimum atomic E-state index is -5.57. The van der Waals surface area contributed by atoms with Gasteiger partial charge < -0.3 is 70.7 Å². The van der Waals surface area contributed by atoms with Crippen molar-refractivity contribution in [2.75, 3.05) is 18.9 Å². The molecule has 41 heavy (non-hydrogen) atoms. The molecule has 1 unspecified atom stereocenters. The first-order valence-corrected chi connectivity index (χ1v) is 15.4. The highest BCUT2D eigenvalue weighted by Gasteiger charge is 2.46. The highest BCUT2D eigenvalue weighted by molar-refractivity contribution is 7.76. The molecule has 0 spiro atoms. The van der Waals surface area contributed by atoms with Gasteiger partial charge in [-0.1, -0.05) is 0 Å². The number of phosphoric acid groups is 1. The van der Waals surface area contributed by atoms with Gasteiger partial charge in [0.05, 0.1) is 19.5 Å². The minimum Gasteiger partial charge on any atom is -0.394 e. The van der Waals surface area contributed by atoms with Crippen molar-refractivity contribution in [2.45, 2.75) is 42.9 Å². The van der Waals surface area contributed by atoms with Crippen LogP contribution in [0.3, 0.4) is 0 Å². The standard InChI is InChI=1S/C10H14N5O7P.C5H12O11P2/c11-7-4-8(14-10(13-7)23(19,20)21)15(2-12-4)9-6(18)5(17)3(1-16)22-9;6-1-2(7)3(8)4(9)5(10)17(11,12)16-18(13,14)15/h2-3,5-6,9,16-18H,1H2,(H2,11,13,14)(H2,19,20,21);2-4,6-9H,1H2,(H,11,12)(H2,13,14,15)/t3-,5-,6-,9-;2-,3-,4-/m11/s1. The van der Waals surface area contributed by atoms with Gasteiger partial charge in [0.1, 0.15) is 36.0 Å². The van der Waals surface area contributed by atoms with Crippen molar-refractivity contribution in [2.24, 2.45) is 0 Å². The molecule has 1 fully saturated rings. The zero-order valence-corrected chi connectivity index (χ0v) is 22.7. The Kier molecular flexibility index (Phi) is 11.4. The Morgan fingerprint density at radius 2 is 1.63 bits per heavy atom. The van der Waals surface area contributed by atoms with Gasteiger partial charge in [-0.25, -0.2) is 23.8 Å². The first-order valence-electron chi connectivity index (χ1n) is 10.6. The maximum atomic E-state index is 11.3. The zero-order chi connectivity index (χ0) is 31.7. The summed E-state index contributed by atoms with van der Waals surface area (Å²) >= 11 is 0. The molecule has 0 aromatic carbocycles. The van der Waals surface area contributed by atoms with Gasteiger partial charge in [-0.3, -0.25) is 18.5 Å². The van der Waals surface area contributed by atoms with Crippen molar-refractivity contribution >= 4 is 51.1 Å². The average Bonchev–Trinajstić information content (AvgIpc) is 3.41. The van der Waals surface area contributed by atoms with E-state index in [1.165, 1.54) is 6.33 Å². The van der Waals surface area contributed by atoms with E-state index in [0.29, 0.717) is 0 Å². The van der Waals surface area contributed by atoms with Crippen molar-refractivity contribution in [3.05, 3.63) is 6.33 Å².